The number of hydrogen-bond donors (Lipinski definition) is 5. The molecule has 1 aliphatic rings. The number of benzene rings is 3. The number of amides is 2. The van der Waals surface area contributed by atoms with E-state index in [0.29, 0.717) is 36.6 Å². The molecule has 10 nitrogen and oxygen atoms in total. The predicted molar refractivity (Wildman–Crippen MR) is 179 cm³/mol. The molecule has 1 aliphatic heterocycles. The van der Waals surface area contributed by atoms with Crippen LogP contribution < -0.4 is 27.3 Å². The summed E-state index contributed by atoms with van der Waals surface area (Å²) in [7, 11) is 0. The molecule has 0 aliphatic carbocycles. The SMILES string of the molecule is Cc1cc(N)cc(C)c1OCC(=O)[C@@H](C(N)c1ccccc1)[C@@H](O)C[C@H](C(=O)CC(C)CN1CCNC1=O)C(N)c1ccccc1. The molecule has 4 rings (SSSR count). The van der Waals surface area contributed by atoms with Gasteiger partial charge in [0.05, 0.1) is 12.0 Å². The summed E-state index contributed by atoms with van der Waals surface area (Å²) in [5.74, 6) is -2.03. The third-order valence-electron chi connectivity index (χ3n) is 8.75. The fourth-order valence-electron chi connectivity index (χ4n) is 6.40. The first kappa shape index (κ1) is 34.6. The van der Waals surface area contributed by atoms with E-state index in [1.165, 1.54) is 0 Å². The third-order valence-corrected chi connectivity index (χ3v) is 8.75. The average molecular weight is 630 g/mol. The Morgan fingerprint density at radius 3 is 2.04 bits per heavy atom. The highest BCUT2D eigenvalue weighted by Gasteiger charge is 2.38. The maximum Gasteiger partial charge on any atom is 0.317 e. The van der Waals surface area contributed by atoms with Crippen molar-refractivity contribution in [2.75, 3.05) is 32.0 Å². The maximum absolute atomic E-state index is 13.9. The number of nitrogen functional groups attached to an aromatic ring is 1. The summed E-state index contributed by atoms with van der Waals surface area (Å²) < 4.78 is 5.99. The molecule has 0 saturated carbocycles. The Kier molecular flexibility index (Phi) is 11.9. The van der Waals surface area contributed by atoms with Crippen LogP contribution in [0.1, 0.15) is 54.1 Å². The summed E-state index contributed by atoms with van der Waals surface area (Å²) in [5.41, 5.74) is 23.0. The van der Waals surface area contributed by atoms with Crippen LogP contribution in [0.5, 0.6) is 5.75 Å². The van der Waals surface area contributed by atoms with Crippen LogP contribution in [0, 0.1) is 31.6 Å². The van der Waals surface area contributed by atoms with Gasteiger partial charge < -0.3 is 37.3 Å². The molecule has 46 heavy (non-hydrogen) atoms. The van der Waals surface area contributed by atoms with Crippen LogP contribution in [-0.2, 0) is 9.59 Å². The molecule has 1 fully saturated rings. The van der Waals surface area contributed by atoms with Gasteiger partial charge in [-0.05, 0) is 60.6 Å². The first-order valence-electron chi connectivity index (χ1n) is 15.8. The van der Waals surface area contributed by atoms with E-state index in [0.717, 1.165) is 16.7 Å². The number of urea groups is 1. The average Bonchev–Trinajstić information content (AvgIpc) is 3.43. The van der Waals surface area contributed by atoms with Crippen molar-refractivity contribution in [3.05, 3.63) is 95.1 Å². The van der Waals surface area contributed by atoms with Gasteiger partial charge in [0.1, 0.15) is 18.1 Å². The van der Waals surface area contributed by atoms with Crippen molar-refractivity contribution in [1.29, 1.82) is 0 Å². The van der Waals surface area contributed by atoms with E-state index in [1.54, 1.807) is 29.2 Å². The van der Waals surface area contributed by atoms with Crippen LogP contribution in [0.3, 0.4) is 0 Å². The number of carbonyl (C=O) groups excluding carboxylic acids is 3. The standard InChI is InChI=1S/C36H47N5O5/c1-22(20-41-15-14-40-36(41)45)16-29(42)28(33(38)25-10-6-4-7-11-25)19-30(43)32(34(39)26-12-8-5-9-13-26)31(44)21-46-35-23(2)17-27(37)18-24(35)3/h4-13,17-18,22,28,30,32-34,43H,14-16,19-21,37-39H2,1-3H3,(H,40,45)/t22?,28-,30+,32+,33?,34?/m1/s1. The van der Waals surface area contributed by atoms with Gasteiger partial charge in [-0.3, -0.25) is 9.59 Å². The highest BCUT2D eigenvalue weighted by molar-refractivity contribution is 5.85. The summed E-state index contributed by atoms with van der Waals surface area (Å²) >= 11 is 0. The molecule has 6 atom stereocenters. The van der Waals surface area contributed by atoms with E-state index in [-0.39, 0.29) is 37.2 Å². The molecule has 1 saturated heterocycles. The van der Waals surface area contributed by atoms with E-state index >= 15 is 0 Å². The Balaban J connectivity index is 1.59. The van der Waals surface area contributed by atoms with Crippen LogP contribution >= 0.6 is 0 Å². The lowest BCUT2D eigenvalue weighted by Gasteiger charge is -2.32. The fraction of sp³-hybridized carbons (Fsp3) is 0.417. The smallest absolute Gasteiger partial charge is 0.317 e. The fourth-order valence-corrected chi connectivity index (χ4v) is 6.40. The van der Waals surface area contributed by atoms with Gasteiger partial charge in [0.25, 0.3) is 0 Å². The molecule has 246 valence electrons. The molecule has 10 heteroatoms. The van der Waals surface area contributed by atoms with E-state index in [9.17, 15) is 19.5 Å². The van der Waals surface area contributed by atoms with Crippen molar-refractivity contribution in [1.82, 2.24) is 10.2 Å². The number of ketones is 2. The zero-order valence-electron chi connectivity index (χ0n) is 26.9. The quantitative estimate of drug-likeness (QED) is 0.149. The predicted octanol–water partition coefficient (Wildman–Crippen LogP) is 3.84. The van der Waals surface area contributed by atoms with E-state index in [2.05, 4.69) is 5.32 Å². The molecule has 0 radical (unpaired) electrons. The number of carbonyl (C=O) groups is 3. The highest BCUT2D eigenvalue weighted by Crippen LogP contribution is 2.33. The number of ether oxygens (including phenoxy) is 1. The molecule has 3 unspecified atom stereocenters. The number of Topliss-reactive ketones (excluding diaryl/α,β-unsaturated/α-hetero) is 2. The lowest BCUT2D eigenvalue weighted by molar-refractivity contribution is -0.132. The van der Waals surface area contributed by atoms with Crippen molar-refractivity contribution in [2.24, 2.45) is 29.2 Å². The number of nitrogens with one attached hydrogen (secondary N) is 1. The number of hydrogen-bond acceptors (Lipinski definition) is 8. The van der Waals surface area contributed by atoms with Crippen molar-refractivity contribution >= 4 is 23.3 Å². The minimum atomic E-state index is -1.30. The molecule has 0 aromatic heterocycles. The summed E-state index contributed by atoms with van der Waals surface area (Å²) in [6, 6.07) is 20.2. The lowest BCUT2D eigenvalue weighted by Crippen LogP contribution is -2.43. The Labute approximate surface area is 271 Å². The van der Waals surface area contributed by atoms with Gasteiger partial charge >= 0.3 is 6.03 Å². The molecular weight excluding hydrogens is 582 g/mol. The minimum absolute atomic E-state index is 0.0807. The van der Waals surface area contributed by atoms with Crippen LogP contribution in [0.15, 0.2) is 72.8 Å². The number of aliphatic hydroxyl groups is 1. The summed E-state index contributed by atoms with van der Waals surface area (Å²) in [4.78, 5) is 41.6. The summed E-state index contributed by atoms with van der Waals surface area (Å²) in [6.07, 6.45) is -1.23. The second kappa shape index (κ2) is 15.8. The highest BCUT2D eigenvalue weighted by atomic mass is 16.5. The van der Waals surface area contributed by atoms with Crippen molar-refractivity contribution in [2.45, 2.75) is 51.8 Å². The molecule has 3 aromatic rings. The Bertz CT molecular complexity index is 1460. The van der Waals surface area contributed by atoms with Gasteiger partial charge in [0.2, 0.25) is 0 Å². The number of aliphatic hydroxyl groups excluding tert-OH is 1. The number of nitrogens with two attached hydrogens (primary N) is 3. The zero-order chi connectivity index (χ0) is 33.4. The Morgan fingerprint density at radius 1 is 0.935 bits per heavy atom. The lowest BCUT2D eigenvalue weighted by atomic mass is 9.77. The normalized spacial score (nSPS) is 17.0. The van der Waals surface area contributed by atoms with Gasteiger partial charge in [0, 0.05) is 49.7 Å². The van der Waals surface area contributed by atoms with Crippen molar-refractivity contribution in [3.63, 3.8) is 0 Å². The molecule has 2 amide bonds. The second-order valence-corrected chi connectivity index (χ2v) is 12.5. The third kappa shape index (κ3) is 8.72. The first-order valence-corrected chi connectivity index (χ1v) is 15.8. The van der Waals surface area contributed by atoms with E-state index in [4.69, 9.17) is 21.9 Å². The van der Waals surface area contributed by atoms with Crippen LogP contribution in [0.25, 0.3) is 0 Å². The number of rotatable bonds is 16. The second-order valence-electron chi connectivity index (χ2n) is 12.5. The molecule has 1 heterocycles. The van der Waals surface area contributed by atoms with Crippen LogP contribution in [0.2, 0.25) is 0 Å². The summed E-state index contributed by atoms with van der Waals surface area (Å²) in [5, 5.41) is 14.6. The van der Waals surface area contributed by atoms with Crippen LogP contribution in [-0.4, -0.2) is 59.9 Å². The van der Waals surface area contributed by atoms with E-state index in [1.807, 2.05) is 69.3 Å². The monoisotopic (exact) mass is 629 g/mol. The topological polar surface area (TPSA) is 174 Å². The van der Waals surface area contributed by atoms with Gasteiger partial charge in [-0.25, -0.2) is 4.79 Å². The number of anilines is 1. The van der Waals surface area contributed by atoms with Crippen LogP contribution in [0.4, 0.5) is 10.5 Å². The zero-order valence-corrected chi connectivity index (χ0v) is 26.9. The van der Waals surface area contributed by atoms with Crippen molar-refractivity contribution < 1.29 is 24.2 Å². The Hall–Kier alpha value is -4.25. The summed E-state index contributed by atoms with van der Waals surface area (Å²) in [6.45, 7) is 6.88. The van der Waals surface area contributed by atoms with Gasteiger partial charge in [-0.15, -0.1) is 0 Å². The Morgan fingerprint density at radius 2 is 1.50 bits per heavy atom. The van der Waals surface area contributed by atoms with Gasteiger partial charge in [-0.2, -0.15) is 0 Å². The number of nitrogens with zero attached hydrogens (tertiary/aromatic N) is 1. The van der Waals surface area contributed by atoms with Gasteiger partial charge in [0.15, 0.2) is 5.78 Å². The molecule has 0 spiro atoms. The molecule has 8 N–H and O–H groups in total. The van der Waals surface area contributed by atoms with Gasteiger partial charge in [-0.1, -0.05) is 67.6 Å². The largest absolute Gasteiger partial charge is 0.485 e. The van der Waals surface area contributed by atoms with Crippen molar-refractivity contribution in [3.8, 4) is 5.75 Å². The number of aryl methyl sites for hydroxylation is 2. The first-order chi connectivity index (χ1) is 22.0. The molecular formula is C36H47N5O5. The minimum Gasteiger partial charge on any atom is -0.485 e. The maximum atomic E-state index is 13.9. The van der Waals surface area contributed by atoms with E-state index < -0.39 is 35.8 Å². The molecule has 3 aromatic carbocycles. The molecule has 0 bridgehead atoms.